The van der Waals surface area contributed by atoms with E-state index in [9.17, 15) is 9.59 Å². The lowest BCUT2D eigenvalue weighted by Gasteiger charge is -2.28. The van der Waals surface area contributed by atoms with Crippen molar-refractivity contribution in [2.45, 2.75) is 36.8 Å². The molecule has 4 aromatic carbocycles. The summed E-state index contributed by atoms with van der Waals surface area (Å²) in [7, 11) is 0. The second-order valence-electron chi connectivity index (χ2n) is 15.0. The molecule has 21 nitrogen and oxygen atoms in total. The quantitative estimate of drug-likeness (QED) is 0.0450. The van der Waals surface area contributed by atoms with Gasteiger partial charge < -0.3 is 30.6 Å². The van der Waals surface area contributed by atoms with Gasteiger partial charge in [-0.25, -0.2) is 9.59 Å². The monoisotopic (exact) mass is 919 g/mol. The van der Waals surface area contributed by atoms with Crippen LogP contribution in [0.2, 0.25) is 0 Å². The number of fused-ring (bicyclic) bond motifs is 2. The van der Waals surface area contributed by atoms with Crippen molar-refractivity contribution in [3.8, 4) is 56.8 Å². The molecule has 0 aliphatic heterocycles. The number of nitrogens with zero attached hydrogens (tertiary/aromatic N) is 8. The maximum atomic E-state index is 13.5. The summed E-state index contributed by atoms with van der Waals surface area (Å²) >= 11 is 3.05. The first-order chi connectivity index (χ1) is 31.7. The highest BCUT2D eigenvalue weighted by atomic mass is 32.2. The minimum absolute atomic E-state index is 0.0801. The zero-order valence-electron chi connectivity index (χ0n) is 35.2. The van der Waals surface area contributed by atoms with Crippen LogP contribution in [0.3, 0.4) is 0 Å². The van der Waals surface area contributed by atoms with E-state index in [0.717, 1.165) is 44.1 Å². The smallest absolute Gasteiger partial charge is 0.348 e. The van der Waals surface area contributed by atoms with Crippen molar-refractivity contribution in [1.29, 1.82) is 0 Å². The molecule has 8 rings (SSSR count). The van der Waals surface area contributed by atoms with Crippen LogP contribution in [0, 0.1) is 0 Å². The number of ether oxygens (including phenoxy) is 2. The zero-order valence-corrected chi connectivity index (χ0v) is 36.9. The fourth-order valence-electron chi connectivity index (χ4n) is 7.01. The fourth-order valence-corrected chi connectivity index (χ4v) is 8.15. The molecule has 0 aliphatic carbocycles. The average Bonchev–Trinajstić information content (AvgIpc) is 4.18. The maximum Gasteiger partial charge on any atom is 0.348 e. The normalized spacial score (nSPS) is 13.4. The Morgan fingerprint density at radius 1 is 0.600 bits per heavy atom. The van der Waals surface area contributed by atoms with Crippen molar-refractivity contribution in [2.75, 3.05) is 37.2 Å². The number of hydrogen-bond donors (Lipinski definition) is 7. The minimum atomic E-state index is -1.48. The molecule has 8 aromatic rings. The molecule has 0 saturated heterocycles. The van der Waals surface area contributed by atoms with Crippen LogP contribution in [0.15, 0.2) is 84.9 Å². The average molecular weight is 920 g/mol. The number of tetrazole rings is 2. The zero-order chi connectivity index (χ0) is 45.2. The molecule has 336 valence electrons. The van der Waals surface area contributed by atoms with E-state index in [-0.39, 0.29) is 38.9 Å². The van der Waals surface area contributed by atoms with Gasteiger partial charge in [-0.15, -0.1) is 20.4 Å². The molecule has 0 aliphatic rings. The summed E-state index contributed by atoms with van der Waals surface area (Å²) in [6.07, 6.45) is 4.53. The van der Waals surface area contributed by atoms with Gasteiger partial charge in [-0.2, -0.15) is 44.1 Å². The first-order valence-electron chi connectivity index (χ1n) is 20.3. The van der Waals surface area contributed by atoms with Crippen molar-refractivity contribution in [3.05, 3.63) is 84.9 Å². The number of carbonyl (C=O) groups excluding carboxylic acids is 2. The van der Waals surface area contributed by atoms with Crippen LogP contribution in [0.4, 0.5) is 0 Å². The molecule has 0 fully saturated rings. The molecule has 0 radical (unpaired) electrons. The van der Waals surface area contributed by atoms with E-state index in [1.54, 1.807) is 12.1 Å². The molecule has 23 heteroatoms. The van der Waals surface area contributed by atoms with Crippen LogP contribution in [0.5, 0.6) is 11.5 Å². The van der Waals surface area contributed by atoms with Crippen molar-refractivity contribution < 1.29 is 28.7 Å². The molecule has 2 unspecified atom stereocenters. The number of rotatable bonds is 22. The molecule has 0 spiro atoms. The Morgan fingerprint density at radius 3 is 1.48 bits per heavy atom. The van der Waals surface area contributed by atoms with Crippen molar-refractivity contribution in [2.24, 2.45) is 11.5 Å². The Morgan fingerprint density at radius 2 is 1.06 bits per heavy atom. The molecule has 0 saturated carbocycles. The van der Waals surface area contributed by atoms with Gasteiger partial charge in [0.2, 0.25) is 11.6 Å². The Hall–Kier alpha value is -6.92. The van der Waals surface area contributed by atoms with Gasteiger partial charge >= 0.3 is 11.9 Å². The first kappa shape index (κ1) is 44.7. The number of nitrogens with one attached hydrogen (secondary N) is 5. The third kappa shape index (κ3) is 10.4. The molecule has 0 amide bonds. The number of aromatic amines is 4. The van der Waals surface area contributed by atoms with Gasteiger partial charge in [0.05, 0.1) is 24.2 Å². The van der Waals surface area contributed by atoms with Crippen LogP contribution in [0.25, 0.3) is 67.1 Å². The van der Waals surface area contributed by atoms with E-state index in [1.807, 2.05) is 85.3 Å². The lowest BCUT2D eigenvalue weighted by atomic mass is 9.94. The standard InChI is InChI=1S/C42H45N15O6S2/c1-64-19-15-41(43,13-17-60-29-7-3-5-25(21-29)35-31-23-27(37-49-53-54-50-37)9-11-33(31)45-47-35)39(58)62-57-63-40(59)42(44,16-20-65-2)14-18-61-30-8-4-6-26(22-30)36-32-24-28(38-51-55-56-52-38)10-12-34(32)46-48-36/h3-12,21-24,57H,13-20,43-44H2,1-2H3,(H,45,47)(H,46,48)(H,49,50,53,54)(H,51,52,55,56). The summed E-state index contributed by atoms with van der Waals surface area (Å²) < 4.78 is 12.2. The third-order valence-corrected chi connectivity index (χ3v) is 12.0. The van der Waals surface area contributed by atoms with Gasteiger partial charge in [-0.05, 0) is 108 Å². The first-order valence-corrected chi connectivity index (χ1v) is 23.1. The Kier molecular flexibility index (Phi) is 13.9. The minimum Gasteiger partial charge on any atom is -0.493 e. The third-order valence-electron chi connectivity index (χ3n) is 10.8. The van der Waals surface area contributed by atoms with Crippen LogP contribution in [0.1, 0.15) is 25.7 Å². The number of H-pyrrole nitrogens is 4. The second kappa shape index (κ2) is 20.3. The summed E-state index contributed by atoms with van der Waals surface area (Å²) in [5, 5.41) is 45.5. The maximum absolute atomic E-state index is 13.5. The van der Waals surface area contributed by atoms with Crippen molar-refractivity contribution >= 4 is 57.3 Å². The van der Waals surface area contributed by atoms with Gasteiger partial charge in [0.25, 0.3) is 0 Å². The largest absolute Gasteiger partial charge is 0.493 e. The molecule has 9 N–H and O–H groups in total. The Balaban J connectivity index is 0.853. The molecule has 0 bridgehead atoms. The molecule has 4 heterocycles. The van der Waals surface area contributed by atoms with Gasteiger partial charge in [-0.1, -0.05) is 24.3 Å². The Bertz CT molecular complexity index is 2670. The van der Waals surface area contributed by atoms with Gasteiger partial charge in [0, 0.05) is 51.5 Å². The van der Waals surface area contributed by atoms with E-state index >= 15 is 0 Å². The highest BCUT2D eigenvalue weighted by Gasteiger charge is 2.38. The van der Waals surface area contributed by atoms with E-state index in [4.69, 9.17) is 30.6 Å². The van der Waals surface area contributed by atoms with Gasteiger partial charge in [0.1, 0.15) is 34.0 Å². The van der Waals surface area contributed by atoms with Crippen LogP contribution < -0.4 is 26.6 Å². The van der Waals surface area contributed by atoms with E-state index in [1.165, 1.54) is 23.5 Å². The molecular formula is C42H45N15O6S2. The van der Waals surface area contributed by atoms with Gasteiger partial charge in [-0.3, -0.25) is 10.2 Å². The highest BCUT2D eigenvalue weighted by Crippen LogP contribution is 2.33. The topological polar surface area (TPSA) is 301 Å². The summed E-state index contributed by atoms with van der Waals surface area (Å²) in [6, 6.07) is 26.3. The lowest BCUT2D eigenvalue weighted by Crippen LogP contribution is -2.54. The molecular weight excluding hydrogens is 875 g/mol. The summed E-state index contributed by atoms with van der Waals surface area (Å²) in [4.78, 5) is 37.5. The Labute approximate surface area is 379 Å². The summed E-state index contributed by atoms with van der Waals surface area (Å²) in [6.45, 7) is 0.160. The fraction of sp³-hybridized carbons (Fsp3) is 0.286. The van der Waals surface area contributed by atoms with Crippen LogP contribution in [-0.2, 0) is 19.3 Å². The van der Waals surface area contributed by atoms with Crippen LogP contribution in [-0.4, -0.2) is 122 Å². The number of carbonyl (C=O) groups is 2. The molecule has 65 heavy (non-hydrogen) atoms. The highest BCUT2D eigenvalue weighted by molar-refractivity contribution is 7.98. The predicted octanol–water partition coefficient (Wildman–Crippen LogP) is 4.78. The summed E-state index contributed by atoms with van der Waals surface area (Å²) in [5.74, 6) is 1.48. The number of aromatic nitrogens is 12. The number of hydrogen-bond acceptors (Lipinski definition) is 19. The van der Waals surface area contributed by atoms with Crippen LogP contribution >= 0.6 is 23.5 Å². The van der Waals surface area contributed by atoms with Crippen molar-refractivity contribution in [3.63, 3.8) is 0 Å². The lowest BCUT2D eigenvalue weighted by molar-refractivity contribution is -0.207. The number of benzene rings is 4. The van der Waals surface area contributed by atoms with E-state index < -0.39 is 23.0 Å². The second-order valence-corrected chi connectivity index (χ2v) is 17.0. The predicted molar refractivity (Wildman–Crippen MR) is 245 cm³/mol. The number of nitrogens with two attached hydrogens (primary N) is 2. The van der Waals surface area contributed by atoms with E-state index in [2.05, 4.69) is 67.3 Å². The summed E-state index contributed by atoms with van der Waals surface area (Å²) in [5.41, 5.74) is 18.7. The molecule has 2 atom stereocenters. The molecule has 4 aromatic heterocycles. The van der Waals surface area contributed by atoms with Crippen molar-refractivity contribution in [1.82, 2.24) is 67.3 Å². The SMILES string of the molecule is CSCCC(N)(CCOc1cccc(-c2n[nH]c3ccc(-c4nn[nH]n4)cc23)c1)C(=O)ONOC(=O)C(N)(CCOc1cccc(-c2n[nH]c3ccc(-c4nn[nH]n4)cc23)c1)CCSC. The van der Waals surface area contributed by atoms with E-state index in [0.29, 0.717) is 46.0 Å². The van der Waals surface area contributed by atoms with Gasteiger partial charge in [0.15, 0.2) is 0 Å². The number of thioether (sulfide) groups is 2.